The number of ether oxygens (including phenoxy) is 1. The lowest BCUT2D eigenvalue weighted by Gasteiger charge is -2.13. The number of anilines is 1. The molecule has 0 aliphatic carbocycles. The first-order chi connectivity index (χ1) is 14.7. The van der Waals surface area contributed by atoms with Gasteiger partial charge in [0.2, 0.25) is 5.95 Å². The fourth-order valence-electron chi connectivity index (χ4n) is 3.15. The molecule has 0 aromatic carbocycles. The summed E-state index contributed by atoms with van der Waals surface area (Å²) in [5.41, 5.74) is 2.48. The number of carboxylic acid groups (broad SMARTS) is 2. The van der Waals surface area contributed by atoms with E-state index in [1.54, 1.807) is 6.20 Å². The van der Waals surface area contributed by atoms with Crippen molar-refractivity contribution in [3.8, 4) is 5.75 Å². The molecule has 0 atom stereocenters. The molecule has 0 spiro atoms. The second-order valence-electron chi connectivity index (χ2n) is 6.43. The summed E-state index contributed by atoms with van der Waals surface area (Å²) >= 11 is 6.20. The van der Waals surface area contributed by atoms with E-state index in [2.05, 4.69) is 20.1 Å². The molecule has 0 saturated heterocycles. The SMILES string of the molecule is COc1c(C)cnc(Cn2nc(CC=O)c3c(Cl)nc(N(C(=O)O)C(=O)O)nc32)c1C. The van der Waals surface area contributed by atoms with Crippen LogP contribution in [-0.4, -0.2) is 60.5 Å². The van der Waals surface area contributed by atoms with Gasteiger partial charge in [0, 0.05) is 23.7 Å². The molecule has 0 aliphatic rings. The Labute approximate surface area is 180 Å². The van der Waals surface area contributed by atoms with E-state index < -0.39 is 18.1 Å². The van der Waals surface area contributed by atoms with Crippen LogP contribution in [0.3, 0.4) is 0 Å². The van der Waals surface area contributed by atoms with Crippen molar-refractivity contribution in [2.45, 2.75) is 26.8 Å². The van der Waals surface area contributed by atoms with Crippen molar-refractivity contribution in [3.63, 3.8) is 0 Å². The smallest absolute Gasteiger partial charge is 0.424 e. The maximum atomic E-state index is 11.3. The van der Waals surface area contributed by atoms with Crippen molar-refractivity contribution in [1.29, 1.82) is 0 Å². The molecule has 3 heterocycles. The van der Waals surface area contributed by atoms with Crippen LogP contribution in [0.25, 0.3) is 11.0 Å². The van der Waals surface area contributed by atoms with E-state index in [9.17, 15) is 24.6 Å². The highest BCUT2D eigenvalue weighted by atomic mass is 35.5. The minimum atomic E-state index is -1.80. The number of aryl methyl sites for hydroxylation is 1. The quantitative estimate of drug-likeness (QED) is 0.423. The average Bonchev–Trinajstić information content (AvgIpc) is 3.02. The Bertz CT molecular complexity index is 1200. The molecular weight excluding hydrogens is 432 g/mol. The van der Waals surface area contributed by atoms with Gasteiger partial charge in [-0.3, -0.25) is 4.98 Å². The maximum absolute atomic E-state index is 11.3. The minimum Gasteiger partial charge on any atom is -0.496 e. The molecule has 0 unspecified atom stereocenters. The van der Waals surface area contributed by atoms with Gasteiger partial charge in [0.25, 0.3) is 0 Å². The van der Waals surface area contributed by atoms with Gasteiger partial charge in [-0.1, -0.05) is 11.6 Å². The zero-order valence-corrected chi connectivity index (χ0v) is 17.4. The Hall–Kier alpha value is -3.80. The second kappa shape index (κ2) is 8.52. The number of nitrogens with zero attached hydrogens (tertiary/aromatic N) is 6. The first kappa shape index (κ1) is 21.9. The van der Waals surface area contributed by atoms with E-state index in [-0.39, 0.29) is 39.7 Å². The summed E-state index contributed by atoms with van der Waals surface area (Å²) in [5.74, 6) is -0.0201. The fourth-order valence-corrected chi connectivity index (χ4v) is 3.42. The number of halogens is 1. The summed E-state index contributed by atoms with van der Waals surface area (Å²) in [4.78, 5) is 46.0. The van der Waals surface area contributed by atoms with Gasteiger partial charge in [0.05, 0.1) is 30.4 Å². The lowest BCUT2D eigenvalue weighted by atomic mass is 10.1. The molecule has 0 aliphatic heterocycles. The van der Waals surface area contributed by atoms with Crippen LogP contribution in [0.1, 0.15) is 22.5 Å². The average molecular weight is 449 g/mol. The number of aldehydes is 1. The number of pyridine rings is 1. The first-order valence-electron chi connectivity index (χ1n) is 8.81. The van der Waals surface area contributed by atoms with Gasteiger partial charge in [-0.2, -0.15) is 15.1 Å². The Morgan fingerprint density at radius 3 is 2.48 bits per heavy atom. The van der Waals surface area contributed by atoms with Crippen molar-refractivity contribution in [2.24, 2.45) is 0 Å². The van der Waals surface area contributed by atoms with Crippen molar-refractivity contribution in [3.05, 3.63) is 33.9 Å². The molecular formula is C18H17ClN6O6. The summed E-state index contributed by atoms with van der Waals surface area (Å²) in [6.07, 6.45) is -1.46. The normalized spacial score (nSPS) is 10.8. The Balaban J connectivity index is 2.23. The molecule has 162 valence electrons. The van der Waals surface area contributed by atoms with Crippen molar-refractivity contribution in [2.75, 3.05) is 12.0 Å². The van der Waals surface area contributed by atoms with Crippen LogP contribution < -0.4 is 9.64 Å². The highest BCUT2D eigenvalue weighted by Gasteiger charge is 2.28. The predicted molar refractivity (Wildman–Crippen MR) is 108 cm³/mol. The molecule has 0 bridgehead atoms. The van der Waals surface area contributed by atoms with Crippen molar-refractivity contribution in [1.82, 2.24) is 24.7 Å². The highest BCUT2D eigenvalue weighted by Crippen LogP contribution is 2.29. The van der Waals surface area contributed by atoms with E-state index in [1.165, 1.54) is 11.8 Å². The third-order valence-corrected chi connectivity index (χ3v) is 4.79. The lowest BCUT2D eigenvalue weighted by Crippen LogP contribution is -2.36. The number of imide groups is 1. The summed E-state index contributed by atoms with van der Waals surface area (Å²) in [5, 5.41) is 22.7. The summed E-state index contributed by atoms with van der Waals surface area (Å²) in [7, 11) is 1.54. The molecule has 3 aromatic rings. The number of carbonyl (C=O) groups excluding carboxylic acids is 1. The van der Waals surface area contributed by atoms with Gasteiger partial charge in [0.15, 0.2) is 5.65 Å². The first-order valence-corrected chi connectivity index (χ1v) is 9.19. The lowest BCUT2D eigenvalue weighted by molar-refractivity contribution is -0.107. The molecule has 31 heavy (non-hydrogen) atoms. The highest BCUT2D eigenvalue weighted by molar-refractivity contribution is 6.34. The van der Waals surface area contributed by atoms with Crippen LogP contribution in [-0.2, 0) is 17.8 Å². The van der Waals surface area contributed by atoms with Gasteiger partial charge in [-0.05, 0) is 13.8 Å². The van der Waals surface area contributed by atoms with E-state index in [1.807, 2.05) is 13.8 Å². The van der Waals surface area contributed by atoms with Gasteiger partial charge in [0.1, 0.15) is 17.2 Å². The number of hydrogen-bond donors (Lipinski definition) is 2. The van der Waals surface area contributed by atoms with Crippen LogP contribution in [0.15, 0.2) is 6.20 Å². The molecule has 13 heteroatoms. The molecule has 3 rings (SSSR count). The van der Waals surface area contributed by atoms with E-state index in [4.69, 9.17) is 16.3 Å². The second-order valence-corrected chi connectivity index (χ2v) is 6.79. The summed E-state index contributed by atoms with van der Waals surface area (Å²) in [6.45, 7) is 3.74. The summed E-state index contributed by atoms with van der Waals surface area (Å²) < 4.78 is 6.77. The van der Waals surface area contributed by atoms with E-state index >= 15 is 0 Å². The summed E-state index contributed by atoms with van der Waals surface area (Å²) in [6, 6.07) is 0. The number of hydrogen-bond acceptors (Lipinski definition) is 8. The molecule has 2 amide bonds. The van der Waals surface area contributed by atoms with Crippen LogP contribution in [0.5, 0.6) is 5.75 Å². The maximum Gasteiger partial charge on any atom is 0.424 e. The Morgan fingerprint density at radius 2 is 1.90 bits per heavy atom. The zero-order valence-electron chi connectivity index (χ0n) is 16.7. The number of aromatic nitrogens is 5. The van der Waals surface area contributed by atoms with Gasteiger partial charge in [-0.25, -0.2) is 14.3 Å². The molecule has 0 saturated carbocycles. The number of rotatable bonds is 6. The van der Waals surface area contributed by atoms with Gasteiger partial charge >= 0.3 is 12.2 Å². The van der Waals surface area contributed by atoms with Crippen molar-refractivity contribution >= 4 is 47.1 Å². The van der Waals surface area contributed by atoms with Crippen LogP contribution in [0.2, 0.25) is 5.15 Å². The van der Waals surface area contributed by atoms with Gasteiger partial charge in [-0.15, -0.1) is 4.90 Å². The van der Waals surface area contributed by atoms with Crippen LogP contribution >= 0.6 is 11.6 Å². The predicted octanol–water partition coefficient (Wildman–Crippen LogP) is 2.45. The standard InChI is InChI=1S/C18H17ClN6O6/c1-8-6-20-11(9(2)13(8)31-3)7-24-15-12(10(23-24)4-5-26)14(19)21-16(22-15)25(17(27)28)18(29)30/h5-6H,4,7H2,1-3H3,(H,27,28)(H,29,30). The van der Waals surface area contributed by atoms with E-state index in [0.717, 1.165) is 11.1 Å². The number of methoxy groups -OCH3 is 1. The third-order valence-electron chi connectivity index (χ3n) is 4.52. The largest absolute Gasteiger partial charge is 0.496 e. The molecule has 2 N–H and O–H groups in total. The van der Waals surface area contributed by atoms with Crippen molar-refractivity contribution < 1.29 is 29.3 Å². The number of fused-ring (bicyclic) bond motifs is 1. The molecule has 3 aromatic heterocycles. The topological polar surface area (TPSA) is 161 Å². The number of carbonyl (C=O) groups is 3. The number of amides is 2. The fraction of sp³-hybridized carbons (Fsp3) is 0.278. The van der Waals surface area contributed by atoms with Gasteiger partial charge < -0.3 is 19.7 Å². The molecule has 0 radical (unpaired) electrons. The third kappa shape index (κ3) is 3.97. The van der Waals surface area contributed by atoms with E-state index in [0.29, 0.717) is 17.7 Å². The monoisotopic (exact) mass is 448 g/mol. The zero-order chi connectivity index (χ0) is 22.9. The Kier molecular flexibility index (Phi) is 6.02. The molecule has 12 nitrogen and oxygen atoms in total. The minimum absolute atomic E-state index is 0.0556. The molecule has 0 fully saturated rings. The van der Waals surface area contributed by atoms with Crippen LogP contribution in [0, 0.1) is 13.8 Å². The Morgan fingerprint density at radius 1 is 1.23 bits per heavy atom. The van der Waals surface area contributed by atoms with Crippen LogP contribution in [0.4, 0.5) is 15.5 Å².